The number of alkyl halides is 3. The molecule has 0 bridgehead atoms. The lowest BCUT2D eigenvalue weighted by atomic mass is 10.2. The number of halogens is 3. The molecule has 0 saturated heterocycles. The van der Waals surface area contributed by atoms with E-state index in [2.05, 4.69) is 10.3 Å². The maximum atomic E-state index is 12.3. The number of carbonyl (C=O) groups is 1. The van der Waals surface area contributed by atoms with Gasteiger partial charge in [-0.2, -0.15) is 13.2 Å². The highest BCUT2D eigenvalue weighted by Crippen LogP contribution is 2.22. The molecule has 0 radical (unpaired) electrons. The van der Waals surface area contributed by atoms with Crippen LogP contribution in [-0.2, 0) is 11.3 Å². The minimum absolute atomic E-state index is 0.0996. The molecule has 0 aromatic carbocycles. The molecule has 0 spiro atoms. The van der Waals surface area contributed by atoms with Gasteiger partial charge in [0.25, 0.3) is 0 Å². The van der Waals surface area contributed by atoms with E-state index in [9.17, 15) is 18.0 Å². The summed E-state index contributed by atoms with van der Waals surface area (Å²) < 4.78 is 42.6. The van der Waals surface area contributed by atoms with Crippen LogP contribution in [0.3, 0.4) is 0 Å². The van der Waals surface area contributed by atoms with Crippen molar-refractivity contribution in [2.75, 3.05) is 0 Å². The number of aliphatic hydroxyl groups is 1. The Bertz CT molecular complexity index is 491. The van der Waals surface area contributed by atoms with Gasteiger partial charge in [-0.1, -0.05) is 5.21 Å². The average molecular weight is 295 g/mol. The Labute approximate surface area is 113 Å². The predicted molar refractivity (Wildman–Crippen MR) is 62.0 cm³/mol. The number of carbonyl (C=O) groups excluding carboxylic acids is 1. The Kier molecular flexibility index (Phi) is 4.42. The molecule has 1 unspecified atom stereocenters. The molecule has 1 rings (SSSR count). The van der Waals surface area contributed by atoms with Crippen molar-refractivity contribution in [1.82, 2.24) is 15.0 Å². The van der Waals surface area contributed by atoms with Crippen molar-refractivity contribution in [1.29, 1.82) is 0 Å². The normalized spacial score (nSPS) is 14.2. The molecule has 9 heteroatoms. The van der Waals surface area contributed by atoms with E-state index in [0.717, 1.165) is 4.68 Å². The zero-order valence-electron chi connectivity index (χ0n) is 11.5. The third-order valence-electron chi connectivity index (χ3n) is 2.30. The first kappa shape index (κ1) is 16.4. The van der Waals surface area contributed by atoms with E-state index in [1.165, 1.54) is 6.92 Å². The molecule has 1 heterocycles. The monoisotopic (exact) mass is 295 g/mol. The Morgan fingerprint density at radius 3 is 2.40 bits per heavy atom. The highest BCUT2D eigenvalue weighted by atomic mass is 19.4. The Morgan fingerprint density at radius 2 is 1.95 bits per heavy atom. The van der Waals surface area contributed by atoms with Crippen LogP contribution in [0.1, 0.15) is 37.0 Å². The fraction of sp³-hybridized carbons (Fsp3) is 0.727. The summed E-state index contributed by atoms with van der Waals surface area (Å²) in [6, 6.07) is 0. The van der Waals surface area contributed by atoms with Crippen molar-refractivity contribution in [2.24, 2.45) is 0 Å². The minimum Gasteiger partial charge on any atom is -0.455 e. The molecule has 0 aliphatic heterocycles. The molecule has 1 atom stereocenters. The zero-order valence-corrected chi connectivity index (χ0v) is 11.5. The molecule has 6 nitrogen and oxygen atoms in total. The van der Waals surface area contributed by atoms with E-state index in [-0.39, 0.29) is 11.4 Å². The predicted octanol–water partition coefficient (Wildman–Crippen LogP) is 1.47. The number of esters is 1. The molecule has 0 saturated carbocycles. The number of aromatic nitrogens is 3. The minimum atomic E-state index is -4.76. The van der Waals surface area contributed by atoms with Gasteiger partial charge in [0.15, 0.2) is 11.8 Å². The SMILES string of the molecule is Cc1c(C(=O)OC(C)(C)C)nnn1CC(O)C(F)(F)F. The summed E-state index contributed by atoms with van der Waals surface area (Å²) in [5, 5.41) is 15.9. The van der Waals surface area contributed by atoms with Gasteiger partial charge in [0, 0.05) is 0 Å². The van der Waals surface area contributed by atoms with Crippen LogP contribution in [0.5, 0.6) is 0 Å². The first-order valence-corrected chi connectivity index (χ1v) is 5.80. The number of aliphatic hydroxyl groups excluding tert-OH is 1. The summed E-state index contributed by atoms with van der Waals surface area (Å²) in [6.07, 6.45) is -7.33. The molecule has 0 aliphatic carbocycles. The molecule has 1 N–H and O–H groups in total. The van der Waals surface area contributed by atoms with E-state index >= 15 is 0 Å². The molecule has 0 fully saturated rings. The largest absolute Gasteiger partial charge is 0.455 e. The van der Waals surface area contributed by atoms with Crippen molar-refractivity contribution < 1.29 is 27.8 Å². The zero-order chi connectivity index (χ0) is 15.7. The number of hydrogen-bond acceptors (Lipinski definition) is 5. The smallest absolute Gasteiger partial charge is 0.416 e. The maximum absolute atomic E-state index is 12.3. The van der Waals surface area contributed by atoms with E-state index in [4.69, 9.17) is 9.84 Å². The summed E-state index contributed by atoms with van der Waals surface area (Å²) in [6.45, 7) is 5.50. The van der Waals surface area contributed by atoms with Gasteiger partial charge in [-0.05, 0) is 27.7 Å². The number of hydrogen-bond donors (Lipinski definition) is 1. The number of nitrogens with zero attached hydrogens (tertiary/aromatic N) is 3. The topological polar surface area (TPSA) is 77.2 Å². The highest BCUT2D eigenvalue weighted by molar-refractivity contribution is 5.88. The van der Waals surface area contributed by atoms with Gasteiger partial charge in [-0.15, -0.1) is 5.10 Å². The van der Waals surface area contributed by atoms with Crippen LogP contribution in [0.15, 0.2) is 0 Å². The number of ether oxygens (including phenoxy) is 1. The fourth-order valence-corrected chi connectivity index (χ4v) is 1.32. The van der Waals surface area contributed by atoms with Gasteiger partial charge in [0.05, 0.1) is 12.2 Å². The first-order chi connectivity index (χ1) is 8.92. The summed E-state index contributed by atoms with van der Waals surface area (Å²) in [7, 11) is 0. The molecular formula is C11H16F3N3O3. The van der Waals surface area contributed by atoms with Crippen molar-refractivity contribution in [3.8, 4) is 0 Å². The average Bonchev–Trinajstić information content (AvgIpc) is 2.56. The van der Waals surface area contributed by atoms with Gasteiger partial charge in [-0.3, -0.25) is 0 Å². The van der Waals surface area contributed by atoms with Crippen LogP contribution in [-0.4, -0.2) is 44.0 Å². The maximum Gasteiger partial charge on any atom is 0.416 e. The van der Waals surface area contributed by atoms with Crippen LogP contribution in [0.4, 0.5) is 13.2 Å². The van der Waals surface area contributed by atoms with Crippen LogP contribution in [0, 0.1) is 6.92 Å². The lowest BCUT2D eigenvalue weighted by Crippen LogP contribution is -2.33. The third kappa shape index (κ3) is 4.19. The molecule has 1 aromatic rings. The van der Waals surface area contributed by atoms with E-state index < -0.39 is 30.4 Å². The summed E-state index contributed by atoms with van der Waals surface area (Å²) in [5.41, 5.74) is -0.824. The van der Waals surface area contributed by atoms with Crippen LogP contribution in [0.25, 0.3) is 0 Å². The third-order valence-corrected chi connectivity index (χ3v) is 2.30. The Hall–Kier alpha value is -1.64. The van der Waals surface area contributed by atoms with Crippen LogP contribution in [0.2, 0.25) is 0 Å². The second-order valence-electron chi connectivity index (χ2n) is 5.26. The van der Waals surface area contributed by atoms with Gasteiger partial charge in [-0.25, -0.2) is 9.48 Å². The van der Waals surface area contributed by atoms with E-state index in [0.29, 0.717) is 0 Å². The van der Waals surface area contributed by atoms with Crippen molar-refractivity contribution in [2.45, 2.75) is 52.1 Å². The van der Waals surface area contributed by atoms with Gasteiger partial charge < -0.3 is 9.84 Å². The lowest BCUT2D eigenvalue weighted by Gasteiger charge is -2.18. The van der Waals surface area contributed by atoms with Crippen molar-refractivity contribution in [3.63, 3.8) is 0 Å². The Morgan fingerprint density at radius 1 is 1.40 bits per heavy atom. The van der Waals surface area contributed by atoms with E-state index in [1.54, 1.807) is 20.8 Å². The van der Waals surface area contributed by atoms with Gasteiger partial charge in [0.1, 0.15) is 5.60 Å². The summed E-state index contributed by atoms with van der Waals surface area (Å²) >= 11 is 0. The van der Waals surface area contributed by atoms with Gasteiger partial charge >= 0.3 is 12.1 Å². The molecule has 0 amide bonds. The highest BCUT2D eigenvalue weighted by Gasteiger charge is 2.39. The summed E-state index contributed by atoms with van der Waals surface area (Å²) in [4.78, 5) is 11.8. The molecule has 20 heavy (non-hydrogen) atoms. The quantitative estimate of drug-likeness (QED) is 0.854. The van der Waals surface area contributed by atoms with Crippen molar-refractivity contribution >= 4 is 5.97 Å². The van der Waals surface area contributed by atoms with Gasteiger partial charge in [0.2, 0.25) is 0 Å². The van der Waals surface area contributed by atoms with Crippen LogP contribution >= 0.6 is 0 Å². The molecule has 1 aromatic heterocycles. The molecular weight excluding hydrogens is 279 g/mol. The molecule has 0 aliphatic rings. The summed E-state index contributed by atoms with van der Waals surface area (Å²) in [5.74, 6) is -0.775. The fourth-order valence-electron chi connectivity index (χ4n) is 1.32. The van der Waals surface area contributed by atoms with E-state index in [1.807, 2.05) is 0 Å². The van der Waals surface area contributed by atoms with Crippen LogP contribution < -0.4 is 0 Å². The standard InChI is InChI=1S/C11H16F3N3O3/c1-6-8(9(19)20-10(2,3)4)15-16-17(6)5-7(18)11(12,13)14/h7,18H,5H2,1-4H3. The second kappa shape index (κ2) is 5.39. The first-order valence-electron chi connectivity index (χ1n) is 5.80. The molecule has 114 valence electrons. The lowest BCUT2D eigenvalue weighted by molar-refractivity contribution is -0.208. The second-order valence-corrected chi connectivity index (χ2v) is 5.26. The number of rotatable bonds is 3. The van der Waals surface area contributed by atoms with Crippen molar-refractivity contribution in [3.05, 3.63) is 11.4 Å². The Balaban J connectivity index is 2.88.